The molecule has 20 heavy (non-hydrogen) atoms. The number of carbonyl (C=O) groups excluding carboxylic acids is 1. The number of amides is 1. The van der Waals surface area contributed by atoms with Crippen molar-refractivity contribution in [2.45, 2.75) is 51.4 Å². The van der Waals surface area contributed by atoms with Gasteiger partial charge >= 0.3 is 6.09 Å². The van der Waals surface area contributed by atoms with E-state index in [1.807, 2.05) is 38.2 Å². The fraction of sp³-hybridized carbons (Fsp3) is 0.600. The molecule has 2 unspecified atom stereocenters. The lowest BCUT2D eigenvalue weighted by Gasteiger charge is -2.31. The molecule has 1 amide bonds. The molecule has 4 heterocycles. The molecule has 0 aromatic carbocycles. The number of likely N-dealkylation sites (tertiary alicyclic amines) is 1. The van der Waals surface area contributed by atoms with Crippen LogP contribution in [0.15, 0.2) is 12.5 Å². The van der Waals surface area contributed by atoms with Crippen LogP contribution in [0, 0.1) is 12.3 Å². The van der Waals surface area contributed by atoms with E-state index in [1.54, 1.807) is 0 Å². The molecule has 3 aliphatic rings. The SMILES string of the molecule is C#Cc1c[n+]2cn1C2C1CCCN1C(=O)OC(C)(C)C. The Balaban J connectivity index is 1.75. The number of fused-ring (bicyclic) bond motifs is 1. The molecule has 0 radical (unpaired) electrons. The minimum atomic E-state index is -0.461. The number of aromatic nitrogens is 2. The summed E-state index contributed by atoms with van der Waals surface area (Å²) in [6, 6.07) is 0.136. The third-order valence-corrected chi connectivity index (χ3v) is 3.82. The average molecular weight is 274 g/mol. The van der Waals surface area contributed by atoms with Gasteiger partial charge in [-0.2, -0.15) is 9.13 Å². The lowest BCUT2D eigenvalue weighted by atomic mass is 10.1. The normalized spacial score (nSPS) is 24.2. The molecule has 1 fully saturated rings. The fourth-order valence-electron chi connectivity index (χ4n) is 3.02. The second-order valence-corrected chi connectivity index (χ2v) is 6.43. The van der Waals surface area contributed by atoms with Crippen LogP contribution >= 0.6 is 0 Å². The summed E-state index contributed by atoms with van der Waals surface area (Å²) in [6.07, 6.45) is 11.3. The highest BCUT2D eigenvalue weighted by molar-refractivity contribution is 5.69. The summed E-state index contributed by atoms with van der Waals surface area (Å²) in [5.41, 5.74) is 0.406. The van der Waals surface area contributed by atoms with Gasteiger partial charge in [0.05, 0.1) is 0 Å². The summed E-state index contributed by atoms with van der Waals surface area (Å²) >= 11 is 0. The maximum Gasteiger partial charge on any atom is 0.410 e. The number of terminal acetylenes is 1. The second-order valence-electron chi connectivity index (χ2n) is 6.43. The van der Waals surface area contributed by atoms with Crippen LogP contribution in [0.3, 0.4) is 0 Å². The van der Waals surface area contributed by atoms with Crippen LogP contribution in [0.5, 0.6) is 0 Å². The molecular weight excluding hydrogens is 254 g/mol. The number of nitrogens with zero attached hydrogens (tertiary/aromatic N) is 3. The molecule has 2 atom stereocenters. The molecule has 2 bridgehead atoms. The highest BCUT2D eigenvalue weighted by Crippen LogP contribution is 2.31. The zero-order valence-electron chi connectivity index (χ0n) is 12.2. The minimum Gasteiger partial charge on any atom is -0.444 e. The van der Waals surface area contributed by atoms with Gasteiger partial charge in [0, 0.05) is 6.54 Å². The Morgan fingerprint density at radius 3 is 2.90 bits per heavy atom. The Morgan fingerprint density at radius 2 is 2.30 bits per heavy atom. The van der Waals surface area contributed by atoms with Crippen LogP contribution in [0.4, 0.5) is 4.79 Å². The van der Waals surface area contributed by atoms with Gasteiger partial charge in [0.25, 0.3) is 12.5 Å². The quantitative estimate of drug-likeness (QED) is 0.575. The van der Waals surface area contributed by atoms with Crippen molar-refractivity contribution >= 4 is 6.09 Å². The van der Waals surface area contributed by atoms with E-state index >= 15 is 0 Å². The summed E-state index contributed by atoms with van der Waals surface area (Å²) < 4.78 is 9.65. The third kappa shape index (κ3) is 1.96. The van der Waals surface area contributed by atoms with Crippen molar-refractivity contribution in [3.63, 3.8) is 0 Å². The van der Waals surface area contributed by atoms with Crippen LogP contribution in [0.2, 0.25) is 0 Å². The Morgan fingerprint density at radius 1 is 1.55 bits per heavy atom. The van der Waals surface area contributed by atoms with E-state index in [0.29, 0.717) is 0 Å². The zero-order valence-corrected chi connectivity index (χ0v) is 12.2. The van der Waals surface area contributed by atoms with E-state index in [0.717, 1.165) is 25.1 Å². The summed E-state index contributed by atoms with van der Waals surface area (Å²) in [5.74, 6) is 2.67. The van der Waals surface area contributed by atoms with Crippen LogP contribution in [0.1, 0.15) is 45.5 Å². The van der Waals surface area contributed by atoms with Gasteiger partial charge in [-0.15, -0.1) is 6.42 Å². The first-order chi connectivity index (χ1) is 9.40. The van der Waals surface area contributed by atoms with Gasteiger partial charge < -0.3 is 4.74 Å². The van der Waals surface area contributed by atoms with Crippen molar-refractivity contribution in [1.82, 2.24) is 9.47 Å². The Hall–Kier alpha value is -1.96. The van der Waals surface area contributed by atoms with Crippen LogP contribution in [-0.4, -0.2) is 33.7 Å². The zero-order chi connectivity index (χ0) is 14.5. The lowest BCUT2D eigenvalue weighted by Crippen LogP contribution is -2.58. The summed E-state index contributed by atoms with van der Waals surface area (Å²) in [6.45, 7) is 6.43. The van der Waals surface area contributed by atoms with Crippen LogP contribution in [0.25, 0.3) is 0 Å². The van der Waals surface area contributed by atoms with Crippen LogP contribution < -0.4 is 4.57 Å². The maximum absolute atomic E-state index is 12.3. The molecule has 5 nitrogen and oxygen atoms in total. The molecule has 4 rings (SSSR count). The smallest absolute Gasteiger partial charge is 0.410 e. The molecule has 3 aliphatic heterocycles. The summed E-state index contributed by atoms with van der Waals surface area (Å²) in [4.78, 5) is 14.1. The first-order valence-corrected chi connectivity index (χ1v) is 6.99. The lowest BCUT2D eigenvalue weighted by molar-refractivity contribution is -0.761. The van der Waals surface area contributed by atoms with E-state index < -0.39 is 5.60 Å². The number of hydrogen-bond acceptors (Lipinski definition) is 2. The molecule has 1 aromatic rings. The van der Waals surface area contributed by atoms with Gasteiger partial charge in [-0.1, -0.05) is 0 Å². The van der Waals surface area contributed by atoms with E-state index in [1.165, 1.54) is 0 Å². The van der Waals surface area contributed by atoms with Crippen molar-refractivity contribution in [1.29, 1.82) is 0 Å². The molecule has 5 heteroatoms. The van der Waals surface area contributed by atoms with Gasteiger partial charge in [0.15, 0.2) is 6.20 Å². The van der Waals surface area contributed by atoms with Gasteiger partial charge in [-0.05, 0) is 39.5 Å². The van der Waals surface area contributed by atoms with Crippen molar-refractivity contribution in [3.8, 4) is 12.3 Å². The molecule has 0 N–H and O–H groups in total. The van der Waals surface area contributed by atoms with E-state index in [2.05, 4.69) is 15.1 Å². The van der Waals surface area contributed by atoms with Crippen LogP contribution in [-0.2, 0) is 4.74 Å². The van der Waals surface area contributed by atoms with Crippen molar-refractivity contribution < 1.29 is 14.1 Å². The van der Waals surface area contributed by atoms with Gasteiger partial charge in [0.1, 0.15) is 11.6 Å². The highest BCUT2D eigenvalue weighted by atomic mass is 16.6. The first-order valence-electron chi connectivity index (χ1n) is 6.99. The predicted molar refractivity (Wildman–Crippen MR) is 73.0 cm³/mol. The third-order valence-electron chi connectivity index (χ3n) is 3.82. The molecular formula is C15H20N3O2+. The van der Waals surface area contributed by atoms with Gasteiger partial charge in [-0.25, -0.2) is 4.79 Å². The number of carbonyl (C=O) groups is 1. The number of ether oxygens (including phenoxy) is 1. The predicted octanol–water partition coefficient (Wildman–Crippen LogP) is 1.52. The monoisotopic (exact) mass is 274 g/mol. The standard InChI is InChI=1S/C15H20N3O2/c1-5-11-9-16-10-18(11)13(16)12-7-6-8-17(12)14(19)20-15(2,3)4/h1,9-10,12-13H,6-8H2,2-4H3/q+1. The topological polar surface area (TPSA) is 38.3 Å². The Labute approximate surface area is 119 Å². The van der Waals surface area contributed by atoms with E-state index in [9.17, 15) is 4.79 Å². The highest BCUT2D eigenvalue weighted by Gasteiger charge is 2.49. The number of imidazole rings is 1. The number of rotatable bonds is 1. The molecule has 1 aromatic heterocycles. The summed E-state index contributed by atoms with van der Waals surface area (Å²) in [5, 5.41) is 0. The molecule has 0 aliphatic carbocycles. The fourth-order valence-corrected chi connectivity index (χ4v) is 3.02. The first kappa shape index (κ1) is 13.0. The molecule has 0 saturated carbocycles. The molecule has 0 spiro atoms. The molecule has 1 saturated heterocycles. The van der Waals surface area contributed by atoms with Gasteiger partial charge in [0.2, 0.25) is 5.69 Å². The average Bonchev–Trinajstić information content (AvgIpc) is 2.98. The Kier molecular flexibility index (Phi) is 2.79. The second kappa shape index (κ2) is 4.27. The molecule has 106 valence electrons. The van der Waals surface area contributed by atoms with E-state index in [4.69, 9.17) is 11.2 Å². The Bertz CT molecular complexity index is 591. The van der Waals surface area contributed by atoms with E-state index in [-0.39, 0.29) is 18.3 Å². The van der Waals surface area contributed by atoms with Crippen molar-refractivity contribution in [2.24, 2.45) is 0 Å². The maximum atomic E-state index is 12.3. The minimum absolute atomic E-state index is 0.136. The van der Waals surface area contributed by atoms with Crippen molar-refractivity contribution in [3.05, 3.63) is 18.2 Å². The number of hydrogen-bond donors (Lipinski definition) is 0. The van der Waals surface area contributed by atoms with Crippen molar-refractivity contribution in [2.75, 3.05) is 6.54 Å². The van der Waals surface area contributed by atoms with Gasteiger partial charge in [-0.3, -0.25) is 4.90 Å². The largest absolute Gasteiger partial charge is 0.444 e. The summed E-state index contributed by atoms with van der Waals surface area (Å²) in [7, 11) is 0.